The first kappa shape index (κ1) is 12.9. The summed E-state index contributed by atoms with van der Waals surface area (Å²) in [5, 5.41) is 0. The summed E-state index contributed by atoms with van der Waals surface area (Å²) in [5.74, 6) is 0.310. The molecule has 19 heavy (non-hydrogen) atoms. The maximum atomic E-state index is 13.3. The van der Waals surface area contributed by atoms with E-state index >= 15 is 0 Å². The molecule has 1 aromatic heterocycles. The highest BCUT2D eigenvalue weighted by atomic mass is 19.1. The highest BCUT2D eigenvalue weighted by Gasteiger charge is 2.46. The van der Waals surface area contributed by atoms with E-state index in [1.165, 1.54) is 18.9 Å². The lowest BCUT2D eigenvalue weighted by atomic mass is 9.94. The lowest BCUT2D eigenvalue weighted by molar-refractivity contribution is -0.148. The third-order valence-electron chi connectivity index (χ3n) is 4.08. The molecule has 0 N–H and O–H groups in total. The second kappa shape index (κ2) is 4.44. The lowest BCUT2D eigenvalue weighted by Crippen LogP contribution is -2.59. The Hall–Kier alpha value is -1.16. The summed E-state index contributed by atoms with van der Waals surface area (Å²) in [6.45, 7) is 5.80. The van der Waals surface area contributed by atoms with Crippen LogP contribution in [-0.2, 0) is 4.74 Å². The van der Waals surface area contributed by atoms with Crippen LogP contribution < -0.4 is 4.90 Å². The van der Waals surface area contributed by atoms with Crippen molar-refractivity contribution in [1.82, 2.24) is 4.98 Å². The monoisotopic (exact) mass is 264 g/mol. The molecule has 2 fully saturated rings. The molecule has 2 aliphatic rings. The standard InChI is InChI=1S/C15H21FN2O/c1-14(2)10-18(13-7-5-6-12(16)17-13)11-15(19-14)8-3-4-9-15/h5-7H,3-4,8-11H2,1-2H3. The molecular formula is C15H21FN2O. The number of rotatable bonds is 1. The van der Waals surface area contributed by atoms with E-state index in [1.54, 1.807) is 6.07 Å². The number of aromatic nitrogens is 1. The molecule has 0 bridgehead atoms. The van der Waals surface area contributed by atoms with Gasteiger partial charge in [-0.25, -0.2) is 4.98 Å². The molecule has 0 atom stereocenters. The normalized spacial score (nSPS) is 24.9. The van der Waals surface area contributed by atoms with Crippen molar-refractivity contribution in [2.75, 3.05) is 18.0 Å². The molecule has 1 saturated heterocycles. The number of hydrogen-bond acceptors (Lipinski definition) is 3. The zero-order valence-electron chi connectivity index (χ0n) is 11.7. The predicted molar refractivity (Wildman–Crippen MR) is 72.8 cm³/mol. The van der Waals surface area contributed by atoms with Gasteiger partial charge in [0.05, 0.1) is 11.2 Å². The minimum Gasteiger partial charge on any atom is -0.365 e. The third kappa shape index (κ3) is 2.59. The lowest BCUT2D eigenvalue weighted by Gasteiger charge is -2.49. The van der Waals surface area contributed by atoms with Gasteiger partial charge in [-0.3, -0.25) is 0 Å². The van der Waals surface area contributed by atoms with Crippen molar-refractivity contribution < 1.29 is 9.13 Å². The Labute approximate surface area is 113 Å². The first-order valence-electron chi connectivity index (χ1n) is 7.06. The number of morpholine rings is 1. The van der Waals surface area contributed by atoms with E-state index in [2.05, 4.69) is 23.7 Å². The van der Waals surface area contributed by atoms with Gasteiger partial charge in [0.2, 0.25) is 5.95 Å². The minimum absolute atomic E-state index is 0.0598. The Morgan fingerprint density at radius 2 is 1.95 bits per heavy atom. The average Bonchev–Trinajstić information content (AvgIpc) is 2.74. The van der Waals surface area contributed by atoms with Crippen LogP contribution in [0.15, 0.2) is 18.2 Å². The Kier molecular flexibility index (Phi) is 3.01. The Morgan fingerprint density at radius 3 is 2.63 bits per heavy atom. The summed E-state index contributed by atoms with van der Waals surface area (Å²) in [7, 11) is 0. The predicted octanol–water partition coefficient (Wildman–Crippen LogP) is 3.15. The van der Waals surface area contributed by atoms with Crippen molar-refractivity contribution in [1.29, 1.82) is 0 Å². The van der Waals surface area contributed by atoms with Gasteiger partial charge in [0.15, 0.2) is 0 Å². The summed E-state index contributed by atoms with van der Waals surface area (Å²) in [5.41, 5.74) is -0.271. The number of halogens is 1. The smallest absolute Gasteiger partial charge is 0.214 e. The van der Waals surface area contributed by atoms with Gasteiger partial charge >= 0.3 is 0 Å². The average molecular weight is 264 g/mol. The maximum Gasteiger partial charge on any atom is 0.214 e. The van der Waals surface area contributed by atoms with Crippen molar-refractivity contribution in [2.24, 2.45) is 0 Å². The molecule has 1 aliphatic heterocycles. The molecule has 1 saturated carbocycles. The number of hydrogen-bond donors (Lipinski definition) is 0. The summed E-state index contributed by atoms with van der Waals surface area (Å²) in [6.07, 6.45) is 4.64. The van der Waals surface area contributed by atoms with Crippen LogP contribution in [0.1, 0.15) is 39.5 Å². The second-order valence-corrected chi connectivity index (χ2v) is 6.43. The molecule has 0 amide bonds. The molecule has 0 aromatic carbocycles. The van der Waals surface area contributed by atoms with Gasteiger partial charge in [-0.2, -0.15) is 4.39 Å². The highest BCUT2D eigenvalue weighted by molar-refractivity contribution is 5.40. The Bertz CT molecular complexity index is 469. The first-order valence-corrected chi connectivity index (χ1v) is 7.06. The van der Waals surface area contributed by atoms with E-state index in [1.807, 2.05) is 6.07 Å². The van der Waals surface area contributed by atoms with Crippen LogP contribution in [0.4, 0.5) is 10.2 Å². The second-order valence-electron chi connectivity index (χ2n) is 6.43. The number of nitrogens with zero attached hydrogens (tertiary/aromatic N) is 2. The van der Waals surface area contributed by atoms with Gasteiger partial charge in [0.25, 0.3) is 0 Å². The fourth-order valence-electron chi connectivity index (χ4n) is 3.53. The zero-order chi connectivity index (χ0) is 13.5. The summed E-state index contributed by atoms with van der Waals surface area (Å²) in [6, 6.07) is 5.00. The summed E-state index contributed by atoms with van der Waals surface area (Å²) in [4.78, 5) is 6.20. The van der Waals surface area contributed by atoms with E-state index < -0.39 is 5.95 Å². The third-order valence-corrected chi connectivity index (χ3v) is 4.08. The van der Waals surface area contributed by atoms with Crippen molar-refractivity contribution in [3.63, 3.8) is 0 Å². The van der Waals surface area contributed by atoms with Crippen LogP contribution in [0.25, 0.3) is 0 Å². The number of pyridine rings is 1. The van der Waals surface area contributed by atoms with Crippen LogP contribution >= 0.6 is 0 Å². The quantitative estimate of drug-likeness (QED) is 0.729. The SMILES string of the molecule is CC1(C)CN(c2cccc(F)n2)CC2(CCCC2)O1. The van der Waals surface area contributed by atoms with E-state index in [9.17, 15) is 4.39 Å². The summed E-state index contributed by atoms with van der Waals surface area (Å²) < 4.78 is 19.7. The van der Waals surface area contributed by atoms with E-state index in [0.717, 1.165) is 31.7 Å². The molecule has 1 aromatic rings. The fraction of sp³-hybridized carbons (Fsp3) is 0.667. The minimum atomic E-state index is -0.415. The first-order chi connectivity index (χ1) is 8.98. The van der Waals surface area contributed by atoms with Gasteiger partial charge in [0.1, 0.15) is 5.82 Å². The van der Waals surface area contributed by atoms with Gasteiger partial charge in [-0.05, 0) is 38.8 Å². The van der Waals surface area contributed by atoms with Crippen molar-refractivity contribution >= 4 is 5.82 Å². The molecule has 3 nitrogen and oxygen atoms in total. The molecule has 0 unspecified atom stereocenters. The highest BCUT2D eigenvalue weighted by Crippen LogP contribution is 2.41. The summed E-state index contributed by atoms with van der Waals surface area (Å²) >= 11 is 0. The number of anilines is 1. The molecule has 4 heteroatoms. The van der Waals surface area contributed by atoms with E-state index in [0.29, 0.717) is 0 Å². The topological polar surface area (TPSA) is 25.4 Å². The molecule has 0 radical (unpaired) electrons. The van der Waals surface area contributed by atoms with Crippen molar-refractivity contribution in [2.45, 2.75) is 50.7 Å². The Morgan fingerprint density at radius 1 is 1.21 bits per heavy atom. The molecule has 104 valence electrons. The molecule has 2 heterocycles. The van der Waals surface area contributed by atoms with Gasteiger partial charge < -0.3 is 9.64 Å². The van der Waals surface area contributed by atoms with Crippen LogP contribution in [0.3, 0.4) is 0 Å². The van der Waals surface area contributed by atoms with Gasteiger partial charge in [-0.1, -0.05) is 18.9 Å². The van der Waals surface area contributed by atoms with E-state index in [4.69, 9.17) is 4.74 Å². The van der Waals surface area contributed by atoms with Crippen molar-refractivity contribution in [3.05, 3.63) is 24.1 Å². The molecular weight excluding hydrogens is 243 g/mol. The fourth-order valence-corrected chi connectivity index (χ4v) is 3.53. The van der Waals surface area contributed by atoms with Gasteiger partial charge in [0, 0.05) is 13.1 Å². The molecule has 3 rings (SSSR count). The van der Waals surface area contributed by atoms with Crippen LogP contribution in [0.5, 0.6) is 0 Å². The van der Waals surface area contributed by atoms with Crippen LogP contribution in [0.2, 0.25) is 0 Å². The maximum absolute atomic E-state index is 13.3. The largest absolute Gasteiger partial charge is 0.365 e. The zero-order valence-corrected chi connectivity index (χ0v) is 11.7. The molecule has 1 spiro atoms. The van der Waals surface area contributed by atoms with Crippen molar-refractivity contribution in [3.8, 4) is 0 Å². The van der Waals surface area contributed by atoms with Gasteiger partial charge in [-0.15, -0.1) is 0 Å². The molecule has 1 aliphatic carbocycles. The number of ether oxygens (including phenoxy) is 1. The van der Waals surface area contributed by atoms with Crippen LogP contribution in [-0.4, -0.2) is 29.3 Å². The van der Waals surface area contributed by atoms with Crippen LogP contribution in [0, 0.1) is 5.95 Å². The van der Waals surface area contributed by atoms with E-state index in [-0.39, 0.29) is 11.2 Å². The Balaban J connectivity index is 1.89.